The first-order valence-electron chi connectivity index (χ1n) is 5.39. The molecule has 1 amide bonds. The number of hydrogen-bond acceptors (Lipinski definition) is 2. The lowest BCUT2D eigenvalue weighted by molar-refractivity contribution is -0.120. The van der Waals surface area contributed by atoms with Gasteiger partial charge in [-0.3, -0.25) is 4.79 Å². The highest BCUT2D eigenvalue weighted by atomic mass is 35.5. The number of nitrogens with one attached hydrogen (secondary N) is 1. The second kappa shape index (κ2) is 5.69. The van der Waals surface area contributed by atoms with Gasteiger partial charge in [-0.1, -0.05) is 12.1 Å². The van der Waals surface area contributed by atoms with Crippen molar-refractivity contribution in [3.8, 4) is 0 Å². The van der Waals surface area contributed by atoms with Crippen LogP contribution < -0.4 is 5.32 Å². The minimum Gasteiger partial charge on any atom is -0.448 e. The fraction of sp³-hybridized carbons (Fsp3) is 0.154. The molecule has 1 N–H and O–H groups in total. The van der Waals surface area contributed by atoms with E-state index in [9.17, 15) is 9.18 Å². The lowest BCUT2D eigenvalue weighted by Crippen LogP contribution is -2.24. The van der Waals surface area contributed by atoms with Crippen molar-refractivity contribution in [3.63, 3.8) is 0 Å². The predicted octanol–water partition coefficient (Wildman–Crippen LogP) is 2.93. The zero-order valence-electron chi connectivity index (χ0n) is 9.45. The molecule has 2 aromatic rings. The average molecular weight is 268 g/mol. The maximum Gasteiger partial charge on any atom is 0.224 e. The zero-order chi connectivity index (χ0) is 13.0. The number of carbonyl (C=O) groups is 1. The van der Waals surface area contributed by atoms with Gasteiger partial charge < -0.3 is 9.73 Å². The minimum atomic E-state index is -0.315. The van der Waals surface area contributed by atoms with Crippen LogP contribution in [-0.4, -0.2) is 5.91 Å². The average Bonchev–Trinajstić information content (AvgIpc) is 2.76. The highest BCUT2D eigenvalue weighted by Gasteiger charge is 2.05. The first-order chi connectivity index (χ1) is 8.63. The third-order valence-corrected chi connectivity index (χ3v) is 2.57. The van der Waals surface area contributed by atoms with Crippen molar-refractivity contribution in [2.75, 3.05) is 0 Å². The monoisotopic (exact) mass is 267 g/mol. The number of halogens is 2. The molecule has 0 saturated heterocycles. The number of hydrogen-bond donors (Lipinski definition) is 1. The fourth-order valence-electron chi connectivity index (χ4n) is 1.48. The second-order valence-electron chi connectivity index (χ2n) is 3.79. The fourth-order valence-corrected chi connectivity index (χ4v) is 1.64. The van der Waals surface area contributed by atoms with Crippen LogP contribution in [0.5, 0.6) is 0 Å². The molecule has 0 saturated carbocycles. The number of benzene rings is 1. The molecular formula is C13H11ClFNO2. The van der Waals surface area contributed by atoms with E-state index in [0.29, 0.717) is 5.76 Å². The maximum atomic E-state index is 12.7. The Kier molecular flexibility index (Phi) is 3.99. The third-order valence-electron chi connectivity index (χ3n) is 2.37. The van der Waals surface area contributed by atoms with E-state index in [1.54, 1.807) is 24.3 Å². The molecule has 0 radical (unpaired) electrons. The smallest absolute Gasteiger partial charge is 0.224 e. The number of carbonyl (C=O) groups excluding carboxylic acids is 1. The first-order valence-corrected chi connectivity index (χ1v) is 5.76. The van der Waals surface area contributed by atoms with E-state index >= 15 is 0 Å². The van der Waals surface area contributed by atoms with Gasteiger partial charge in [-0.05, 0) is 41.4 Å². The molecule has 94 valence electrons. The lowest BCUT2D eigenvalue weighted by atomic mass is 10.1. The largest absolute Gasteiger partial charge is 0.448 e. The summed E-state index contributed by atoms with van der Waals surface area (Å²) in [6.07, 6.45) is 0.203. The molecule has 0 aliphatic heterocycles. The summed E-state index contributed by atoms with van der Waals surface area (Å²) in [5.41, 5.74) is 0.756. The van der Waals surface area contributed by atoms with E-state index in [2.05, 4.69) is 5.32 Å². The molecule has 0 aliphatic rings. The first kappa shape index (κ1) is 12.6. The van der Waals surface area contributed by atoms with E-state index in [1.807, 2.05) is 0 Å². The number of rotatable bonds is 4. The Labute approximate surface area is 109 Å². The van der Waals surface area contributed by atoms with Gasteiger partial charge >= 0.3 is 0 Å². The van der Waals surface area contributed by atoms with Crippen molar-refractivity contribution < 1.29 is 13.6 Å². The summed E-state index contributed by atoms with van der Waals surface area (Å²) >= 11 is 5.61. The van der Waals surface area contributed by atoms with Crippen molar-refractivity contribution in [3.05, 3.63) is 58.8 Å². The van der Waals surface area contributed by atoms with Gasteiger partial charge in [0.1, 0.15) is 11.6 Å². The van der Waals surface area contributed by atoms with E-state index in [0.717, 1.165) is 5.56 Å². The second-order valence-corrected chi connectivity index (χ2v) is 4.16. The summed E-state index contributed by atoms with van der Waals surface area (Å²) in [5, 5.41) is 2.98. The van der Waals surface area contributed by atoms with Gasteiger partial charge in [0, 0.05) is 0 Å². The summed E-state index contributed by atoms with van der Waals surface area (Å²) in [6, 6.07) is 9.13. The van der Waals surface area contributed by atoms with Crippen LogP contribution in [0.1, 0.15) is 11.3 Å². The lowest BCUT2D eigenvalue weighted by Gasteiger charge is -2.03. The Bertz CT molecular complexity index is 536. The van der Waals surface area contributed by atoms with Gasteiger partial charge in [0.15, 0.2) is 5.22 Å². The minimum absolute atomic E-state index is 0.158. The van der Waals surface area contributed by atoms with Crippen LogP contribution in [0.4, 0.5) is 4.39 Å². The molecule has 0 unspecified atom stereocenters. The van der Waals surface area contributed by atoms with Crippen molar-refractivity contribution in [1.29, 1.82) is 0 Å². The Morgan fingerprint density at radius 1 is 1.22 bits per heavy atom. The molecule has 1 heterocycles. The SMILES string of the molecule is O=C(Cc1ccc(F)cc1)NCc1ccc(Cl)o1. The Hall–Kier alpha value is -1.81. The van der Waals surface area contributed by atoms with Gasteiger partial charge in [0.2, 0.25) is 5.91 Å². The molecule has 1 aromatic heterocycles. The molecule has 3 nitrogen and oxygen atoms in total. The Morgan fingerprint density at radius 3 is 2.56 bits per heavy atom. The van der Waals surface area contributed by atoms with Crippen LogP contribution in [0.25, 0.3) is 0 Å². The molecule has 2 rings (SSSR count). The topological polar surface area (TPSA) is 42.2 Å². The van der Waals surface area contributed by atoms with Crippen molar-refractivity contribution in [2.24, 2.45) is 0 Å². The molecule has 0 bridgehead atoms. The van der Waals surface area contributed by atoms with Crippen LogP contribution in [0.3, 0.4) is 0 Å². The highest BCUT2D eigenvalue weighted by molar-refractivity contribution is 6.28. The van der Waals surface area contributed by atoms with Crippen LogP contribution in [0.15, 0.2) is 40.8 Å². The molecular weight excluding hydrogens is 257 g/mol. The standard InChI is InChI=1S/C13H11ClFNO2/c14-12-6-5-11(18-12)8-16-13(17)7-9-1-3-10(15)4-2-9/h1-6H,7-8H2,(H,16,17). The van der Waals surface area contributed by atoms with Crippen LogP contribution >= 0.6 is 11.6 Å². The number of furan rings is 1. The highest BCUT2D eigenvalue weighted by Crippen LogP contribution is 2.12. The van der Waals surface area contributed by atoms with Gasteiger partial charge in [0.25, 0.3) is 0 Å². The van der Waals surface area contributed by atoms with E-state index in [4.69, 9.17) is 16.0 Å². The predicted molar refractivity (Wildman–Crippen MR) is 65.7 cm³/mol. The summed E-state index contributed by atoms with van der Waals surface area (Å²) in [7, 11) is 0. The van der Waals surface area contributed by atoms with Gasteiger partial charge in [-0.25, -0.2) is 4.39 Å². The quantitative estimate of drug-likeness (QED) is 0.925. The van der Waals surface area contributed by atoms with Crippen molar-refractivity contribution in [1.82, 2.24) is 5.32 Å². The van der Waals surface area contributed by atoms with E-state index in [1.165, 1.54) is 12.1 Å². The summed E-state index contributed by atoms with van der Waals surface area (Å²) < 4.78 is 17.8. The summed E-state index contributed by atoms with van der Waals surface area (Å²) in [6.45, 7) is 0.284. The van der Waals surface area contributed by atoms with Crippen molar-refractivity contribution >= 4 is 17.5 Å². The van der Waals surface area contributed by atoms with Gasteiger partial charge in [-0.2, -0.15) is 0 Å². The third kappa shape index (κ3) is 3.60. The van der Waals surface area contributed by atoms with Crippen LogP contribution in [0, 0.1) is 5.82 Å². The number of amides is 1. The van der Waals surface area contributed by atoms with Crippen molar-refractivity contribution in [2.45, 2.75) is 13.0 Å². The van der Waals surface area contributed by atoms with E-state index in [-0.39, 0.29) is 29.9 Å². The van der Waals surface area contributed by atoms with E-state index < -0.39 is 0 Å². The molecule has 18 heavy (non-hydrogen) atoms. The van der Waals surface area contributed by atoms with Crippen LogP contribution in [0.2, 0.25) is 5.22 Å². The van der Waals surface area contributed by atoms with Crippen LogP contribution in [-0.2, 0) is 17.8 Å². The Balaban J connectivity index is 1.83. The normalized spacial score (nSPS) is 10.3. The molecule has 5 heteroatoms. The zero-order valence-corrected chi connectivity index (χ0v) is 10.2. The summed E-state index contributed by atoms with van der Waals surface area (Å²) in [5.74, 6) is 0.117. The maximum absolute atomic E-state index is 12.7. The Morgan fingerprint density at radius 2 is 1.94 bits per heavy atom. The molecule has 0 fully saturated rings. The van der Waals surface area contributed by atoms with Gasteiger partial charge in [0.05, 0.1) is 13.0 Å². The summed E-state index contributed by atoms with van der Waals surface area (Å²) in [4.78, 5) is 11.6. The molecule has 0 atom stereocenters. The van der Waals surface area contributed by atoms with Gasteiger partial charge in [-0.15, -0.1) is 0 Å². The molecule has 1 aromatic carbocycles. The molecule has 0 spiro atoms. The molecule has 0 aliphatic carbocycles.